The Labute approximate surface area is 125 Å². The minimum Gasteiger partial charge on any atom is -0.389 e. The molecule has 2 rings (SSSR count). The summed E-state index contributed by atoms with van der Waals surface area (Å²) in [5.74, 6) is -0.140. The number of piperidine rings is 1. The number of likely N-dealkylation sites (tertiary alicyclic amines) is 1. The van der Waals surface area contributed by atoms with Crippen LogP contribution in [0.5, 0.6) is 0 Å². The summed E-state index contributed by atoms with van der Waals surface area (Å²) in [6, 6.07) is 9.42. The normalized spacial score (nSPS) is 16.6. The van der Waals surface area contributed by atoms with Gasteiger partial charge in [0.2, 0.25) is 0 Å². The number of nitrogens with one attached hydrogen (secondary N) is 1. The van der Waals surface area contributed by atoms with Gasteiger partial charge in [0, 0.05) is 37.7 Å². The zero-order chi connectivity index (χ0) is 15.1. The van der Waals surface area contributed by atoms with E-state index in [9.17, 15) is 9.59 Å². The van der Waals surface area contributed by atoms with Gasteiger partial charge in [-0.25, -0.2) is 0 Å². The molecule has 0 spiro atoms. The lowest BCUT2D eigenvalue weighted by molar-refractivity contribution is -0.122. The molecule has 1 aliphatic rings. The second-order valence-corrected chi connectivity index (χ2v) is 5.40. The van der Waals surface area contributed by atoms with Crippen molar-refractivity contribution < 1.29 is 14.7 Å². The Kier molecular flexibility index (Phi) is 5.90. The smallest absolute Gasteiger partial charge is 0.251 e. The summed E-state index contributed by atoms with van der Waals surface area (Å²) in [6.45, 7) is 2.07. The first-order chi connectivity index (χ1) is 10.2. The number of amides is 1. The zero-order valence-electron chi connectivity index (χ0n) is 12.1. The van der Waals surface area contributed by atoms with Crippen molar-refractivity contribution in [1.82, 2.24) is 10.2 Å². The van der Waals surface area contributed by atoms with Crippen LogP contribution in [0.2, 0.25) is 0 Å². The lowest BCUT2D eigenvalue weighted by atomic mass is 10.0. The van der Waals surface area contributed by atoms with Crippen molar-refractivity contribution in [2.75, 3.05) is 26.2 Å². The summed E-state index contributed by atoms with van der Waals surface area (Å²) in [6.07, 6.45) is 2.19. The van der Waals surface area contributed by atoms with E-state index in [1.54, 1.807) is 0 Å². The highest BCUT2D eigenvalue weighted by Gasteiger charge is 2.21. The second-order valence-electron chi connectivity index (χ2n) is 5.40. The maximum absolute atomic E-state index is 12.1. The first kappa shape index (κ1) is 15.7. The average Bonchev–Trinajstić information content (AvgIpc) is 2.54. The first-order valence-corrected chi connectivity index (χ1v) is 7.40. The van der Waals surface area contributed by atoms with Crippen molar-refractivity contribution in [3.8, 4) is 0 Å². The number of benzene rings is 1. The van der Waals surface area contributed by atoms with Crippen LogP contribution in [0.4, 0.5) is 0 Å². The van der Waals surface area contributed by atoms with E-state index in [4.69, 9.17) is 5.11 Å². The largest absolute Gasteiger partial charge is 0.389 e. The molecule has 1 fully saturated rings. The van der Waals surface area contributed by atoms with Gasteiger partial charge in [0.1, 0.15) is 6.61 Å². The molecular weight excluding hydrogens is 268 g/mol. The third kappa shape index (κ3) is 4.95. The van der Waals surface area contributed by atoms with Crippen LogP contribution in [0.3, 0.4) is 0 Å². The molecule has 21 heavy (non-hydrogen) atoms. The predicted octanol–water partition coefficient (Wildman–Crippen LogP) is 0.832. The number of Topliss-reactive ketones (excluding diaryl/α,β-unsaturated/α-hetero) is 1. The molecule has 1 aromatic rings. The molecule has 0 aromatic heterocycles. The topological polar surface area (TPSA) is 69.6 Å². The zero-order valence-corrected chi connectivity index (χ0v) is 12.1. The molecule has 0 unspecified atom stereocenters. The Morgan fingerprint density at radius 3 is 2.48 bits per heavy atom. The number of carbonyl (C=O) groups excluding carboxylic acids is 2. The summed E-state index contributed by atoms with van der Waals surface area (Å²) >= 11 is 0. The maximum Gasteiger partial charge on any atom is 0.251 e. The number of carbonyl (C=O) groups is 2. The van der Waals surface area contributed by atoms with Gasteiger partial charge in [-0.15, -0.1) is 0 Å². The van der Waals surface area contributed by atoms with Crippen LogP contribution in [0.25, 0.3) is 0 Å². The van der Waals surface area contributed by atoms with Gasteiger partial charge in [-0.05, 0) is 25.0 Å². The van der Waals surface area contributed by atoms with Gasteiger partial charge in [0.05, 0.1) is 0 Å². The molecular formula is C16H22N2O3. The fourth-order valence-electron chi connectivity index (χ4n) is 2.52. The molecule has 5 nitrogen and oxygen atoms in total. The van der Waals surface area contributed by atoms with Crippen LogP contribution >= 0.6 is 0 Å². The van der Waals surface area contributed by atoms with E-state index < -0.39 is 0 Å². The van der Waals surface area contributed by atoms with E-state index in [-0.39, 0.29) is 24.3 Å². The molecule has 0 atom stereocenters. The first-order valence-electron chi connectivity index (χ1n) is 7.40. The highest BCUT2D eigenvalue weighted by molar-refractivity contribution is 5.94. The summed E-state index contributed by atoms with van der Waals surface area (Å²) in [5.41, 5.74) is 0.688. The van der Waals surface area contributed by atoms with Gasteiger partial charge < -0.3 is 15.3 Å². The van der Waals surface area contributed by atoms with Gasteiger partial charge in [-0.2, -0.15) is 0 Å². The van der Waals surface area contributed by atoms with Crippen LogP contribution in [0.1, 0.15) is 29.6 Å². The number of rotatable bonds is 6. The molecule has 0 saturated carbocycles. The summed E-state index contributed by atoms with van der Waals surface area (Å²) in [4.78, 5) is 25.3. The molecule has 1 saturated heterocycles. The molecule has 0 aliphatic carbocycles. The Morgan fingerprint density at radius 1 is 1.19 bits per heavy atom. The van der Waals surface area contributed by atoms with E-state index in [2.05, 4.69) is 10.2 Å². The van der Waals surface area contributed by atoms with Crippen LogP contribution in [0.15, 0.2) is 30.3 Å². The lowest BCUT2D eigenvalue weighted by Gasteiger charge is -2.32. The van der Waals surface area contributed by atoms with Gasteiger partial charge in [-0.1, -0.05) is 18.2 Å². The standard InChI is InChI=1S/C16H22N2O3/c19-12-15(20)8-11-18-9-6-14(7-10-18)17-16(21)13-4-2-1-3-5-13/h1-5,14,19H,6-12H2,(H,17,21). The third-order valence-electron chi connectivity index (χ3n) is 3.84. The molecule has 1 amide bonds. The fraction of sp³-hybridized carbons (Fsp3) is 0.500. The predicted molar refractivity (Wildman–Crippen MR) is 80.1 cm³/mol. The van der Waals surface area contributed by atoms with Crippen molar-refractivity contribution >= 4 is 11.7 Å². The van der Waals surface area contributed by atoms with Crippen molar-refractivity contribution in [3.05, 3.63) is 35.9 Å². The molecule has 114 valence electrons. The highest BCUT2D eigenvalue weighted by Crippen LogP contribution is 2.11. The molecule has 5 heteroatoms. The second kappa shape index (κ2) is 7.90. The van der Waals surface area contributed by atoms with Crippen molar-refractivity contribution in [2.45, 2.75) is 25.3 Å². The summed E-state index contributed by atoms with van der Waals surface area (Å²) in [5, 5.41) is 11.8. The summed E-state index contributed by atoms with van der Waals surface area (Å²) < 4.78 is 0. The van der Waals surface area contributed by atoms with Crippen molar-refractivity contribution in [1.29, 1.82) is 0 Å². The van der Waals surface area contributed by atoms with Gasteiger partial charge in [0.25, 0.3) is 5.91 Å². The van der Waals surface area contributed by atoms with Gasteiger partial charge in [0.15, 0.2) is 5.78 Å². The van der Waals surface area contributed by atoms with Crippen LogP contribution in [0, 0.1) is 0 Å². The van der Waals surface area contributed by atoms with E-state index in [0.717, 1.165) is 25.9 Å². The molecule has 1 aliphatic heterocycles. The molecule has 0 bridgehead atoms. The number of hydrogen-bond acceptors (Lipinski definition) is 4. The number of aliphatic hydroxyl groups excluding tert-OH is 1. The number of aliphatic hydroxyl groups is 1. The quantitative estimate of drug-likeness (QED) is 0.814. The maximum atomic E-state index is 12.1. The molecule has 0 radical (unpaired) electrons. The highest BCUT2D eigenvalue weighted by atomic mass is 16.3. The monoisotopic (exact) mass is 290 g/mol. The van der Waals surface area contributed by atoms with Crippen molar-refractivity contribution in [3.63, 3.8) is 0 Å². The van der Waals surface area contributed by atoms with Crippen molar-refractivity contribution in [2.24, 2.45) is 0 Å². The number of nitrogens with zero attached hydrogens (tertiary/aromatic N) is 1. The fourth-order valence-corrected chi connectivity index (χ4v) is 2.52. The van der Waals surface area contributed by atoms with E-state index >= 15 is 0 Å². The average molecular weight is 290 g/mol. The van der Waals surface area contributed by atoms with E-state index in [1.807, 2.05) is 30.3 Å². The van der Waals surface area contributed by atoms with Crippen LogP contribution in [-0.4, -0.2) is 54.0 Å². The Hall–Kier alpha value is -1.72. The van der Waals surface area contributed by atoms with Gasteiger partial charge >= 0.3 is 0 Å². The van der Waals surface area contributed by atoms with Crippen LogP contribution in [-0.2, 0) is 4.79 Å². The third-order valence-corrected chi connectivity index (χ3v) is 3.84. The minimum absolute atomic E-state index is 0.0236. The number of ketones is 1. The van der Waals surface area contributed by atoms with E-state index in [0.29, 0.717) is 18.5 Å². The van der Waals surface area contributed by atoms with E-state index in [1.165, 1.54) is 0 Å². The lowest BCUT2D eigenvalue weighted by Crippen LogP contribution is -2.45. The molecule has 2 N–H and O–H groups in total. The number of hydrogen-bond donors (Lipinski definition) is 2. The Morgan fingerprint density at radius 2 is 1.86 bits per heavy atom. The summed E-state index contributed by atoms with van der Waals surface area (Å²) in [7, 11) is 0. The van der Waals surface area contributed by atoms with Crippen LogP contribution < -0.4 is 5.32 Å². The molecule has 1 aromatic carbocycles. The Balaban J connectivity index is 1.72. The molecule has 1 heterocycles. The van der Waals surface area contributed by atoms with Gasteiger partial charge in [-0.3, -0.25) is 9.59 Å². The SMILES string of the molecule is O=C(CO)CCN1CCC(NC(=O)c2ccccc2)CC1. The minimum atomic E-state index is -0.371. The Bertz CT molecular complexity index is 468.